The average Bonchev–Trinajstić information content (AvgIpc) is 2.75. The minimum atomic E-state index is -0.948. The Kier molecular flexibility index (Phi) is 4.41. The molecule has 1 atom stereocenters. The van der Waals surface area contributed by atoms with Crippen molar-refractivity contribution in [1.82, 2.24) is 9.78 Å². The molecule has 9 heteroatoms. The van der Waals surface area contributed by atoms with Crippen molar-refractivity contribution in [3.05, 3.63) is 15.8 Å². The largest absolute Gasteiger partial charge is 0.481 e. The monoisotopic (exact) mass is 298 g/mol. The molecule has 0 aliphatic carbocycles. The minimum Gasteiger partial charge on any atom is -0.481 e. The van der Waals surface area contributed by atoms with E-state index in [1.165, 1.54) is 0 Å². The summed E-state index contributed by atoms with van der Waals surface area (Å²) >= 11 is 0. The normalized spacial score (nSPS) is 18.8. The van der Waals surface area contributed by atoms with E-state index in [1.54, 1.807) is 16.5 Å². The molecular formula is C12H18N4O5. The fourth-order valence-corrected chi connectivity index (χ4v) is 2.54. The van der Waals surface area contributed by atoms with Crippen LogP contribution in [0, 0.1) is 17.0 Å². The SMILES string of the molecule is CCn1nc(C)c([N+](=O)[O-])c1N1CCOC(CC(=O)O)C1. The molecule has 1 aromatic rings. The third kappa shape index (κ3) is 3.13. The van der Waals surface area contributed by atoms with E-state index < -0.39 is 17.0 Å². The van der Waals surface area contributed by atoms with Gasteiger partial charge in [0, 0.05) is 19.6 Å². The Bertz CT molecular complexity index is 556. The fraction of sp³-hybridized carbons (Fsp3) is 0.667. The van der Waals surface area contributed by atoms with Gasteiger partial charge in [0.1, 0.15) is 5.69 Å². The number of anilines is 1. The summed E-state index contributed by atoms with van der Waals surface area (Å²) in [6.07, 6.45) is -0.597. The maximum absolute atomic E-state index is 11.3. The van der Waals surface area contributed by atoms with E-state index in [0.29, 0.717) is 37.8 Å². The molecule has 2 rings (SSSR count). The van der Waals surface area contributed by atoms with Crippen molar-refractivity contribution < 1.29 is 19.6 Å². The second-order valence-electron chi connectivity index (χ2n) is 4.87. The van der Waals surface area contributed by atoms with Crippen molar-refractivity contribution in [2.45, 2.75) is 32.9 Å². The van der Waals surface area contributed by atoms with Crippen LogP contribution in [0.3, 0.4) is 0 Å². The van der Waals surface area contributed by atoms with Gasteiger partial charge in [0.25, 0.3) is 0 Å². The highest BCUT2D eigenvalue weighted by atomic mass is 16.6. The lowest BCUT2D eigenvalue weighted by Gasteiger charge is -2.33. The van der Waals surface area contributed by atoms with Gasteiger partial charge >= 0.3 is 11.7 Å². The first kappa shape index (κ1) is 15.2. The summed E-state index contributed by atoms with van der Waals surface area (Å²) in [6.45, 7) is 5.08. The summed E-state index contributed by atoms with van der Waals surface area (Å²) in [5.41, 5.74) is 0.339. The summed E-state index contributed by atoms with van der Waals surface area (Å²) in [4.78, 5) is 23.4. The van der Waals surface area contributed by atoms with Crippen molar-refractivity contribution in [3.63, 3.8) is 0 Å². The van der Waals surface area contributed by atoms with Gasteiger partial charge in [-0.1, -0.05) is 0 Å². The van der Waals surface area contributed by atoms with Gasteiger partial charge in [-0.2, -0.15) is 5.10 Å². The molecule has 0 radical (unpaired) electrons. The Labute approximate surface area is 121 Å². The molecule has 1 saturated heterocycles. The number of rotatable bonds is 5. The van der Waals surface area contributed by atoms with Gasteiger partial charge in [-0.15, -0.1) is 0 Å². The van der Waals surface area contributed by atoms with E-state index in [1.807, 2.05) is 6.92 Å². The van der Waals surface area contributed by atoms with Crippen LogP contribution in [0.15, 0.2) is 0 Å². The maximum Gasteiger partial charge on any atom is 0.333 e. The van der Waals surface area contributed by atoms with Crippen LogP contribution in [-0.4, -0.2) is 51.6 Å². The molecule has 2 heterocycles. The van der Waals surface area contributed by atoms with Crippen LogP contribution in [0.25, 0.3) is 0 Å². The van der Waals surface area contributed by atoms with Crippen LogP contribution in [-0.2, 0) is 16.1 Å². The molecule has 21 heavy (non-hydrogen) atoms. The van der Waals surface area contributed by atoms with Crippen LogP contribution in [0.2, 0.25) is 0 Å². The number of ether oxygens (including phenoxy) is 1. The molecule has 0 amide bonds. The predicted octanol–water partition coefficient (Wildman–Crippen LogP) is 0.800. The average molecular weight is 298 g/mol. The highest BCUT2D eigenvalue weighted by molar-refractivity contribution is 5.68. The number of aromatic nitrogens is 2. The van der Waals surface area contributed by atoms with Gasteiger partial charge in [0.2, 0.25) is 5.82 Å². The van der Waals surface area contributed by atoms with Gasteiger partial charge in [0.05, 0.1) is 24.1 Å². The van der Waals surface area contributed by atoms with E-state index in [4.69, 9.17) is 9.84 Å². The van der Waals surface area contributed by atoms with Gasteiger partial charge in [-0.05, 0) is 13.8 Å². The second-order valence-corrected chi connectivity index (χ2v) is 4.87. The van der Waals surface area contributed by atoms with Crippen molar-refractivity contribution in [3.8, 4) is 0 Å². The Balaban J connectivity index is 2.31. The number of nitro groups is 1. The Hall–Kier alpha value is -2.16. The zero-order valence-corrected chi connectivity index (χ0v) is 12.0. The summed E-state index contributed by atoms with van der Waals surface area (Å²) in [6, 6.07) is 0. The van der Waals surface area contributed by atoms with E-state index in [-0.39, 0.29) is 12.1 Å². The standard InChI is InChI=1S/C12H18N4O5/c1-3-15-12(11(16(19)20)8(2)13-15)14-4-5-21-9(7-14)6-10(17)18/h9H,3-7H2,1-2H3,(H,17,18). The molecule has 1 N–H and O–H groups in total. The molecule has 0 aromatic carbocycles. The predicted molar refractivity (Wildman–Crippen MR) is 73.5 cm³/mol. The van der Waals surface area contributed by atoms with Gasteiger partial charge in [0.15, 0.2) is 0 Å². The molecule has 0 spiro atoms. The minimum absolute atomic E-state index is 0.0205. The van der Waals surface area contributed by atoms with E-state index in [9.17, 15) is 14.9 Å². The summed E-state index contributed by atoms with van der Waals surface area (Å²) in [7, 11) is 0. The van der Waals surface area contributed by atoms with Crippen LogP contribution in [0.1, 0.15) is 19.0 Å². The zero-order valence-electron chi connectivity index (χ0n) is 12.0. The topological polar surface area (TPSA) is 111 Å². The Morgan fingerprint density at radius 1 is 1.62 bits per heavy atom. The maximum atomic E-state index is 11.3. The molecule has 0 bridgehead atoms. The third-order valence-corrected chi connectivity index (χ3v) is 3.39. The number of hydrogen-bond donors (Lipinski definition) is 1. The molecule has 116 valence electrons. The first-order valence-electron chi connectivity index (χ1n) is 6.74. The lowest BCUT2D eigenvalue weighted by molar-refractivity contribution is -0.384. The van der Waals surface area contributed by atoms with Crippen molar-refractivity contribution in [2.24, 2.45) is 0 Å². The molecule has 1 aromatic heterocycles. The van der Waals surface area contributed by atoms with Crippen LogP contribution in [0.5, 0.6) is 0 Å². The third-order valence-electron chi connectivity index (χ3n) is 3.39. The Morgan fingerprint density at radius 2 is 2.33 bits per heavy atom. The highest BCUT2D eigenvalue weighted by Gasteiger charge is 2.32. The number of hydrogen-bond acceptors (Lipinski definition) is 6. The van der Waals surface area contributed by atoms with Crippen LogP contribution in [0.4, 0.5) is 11.5 Å². The summed E-state index contributed by atoms with van der Waals surface area (Å²) < 4.78 is 6.98. The zero-order chi connectivity index (χ0) is 15.6. The molecule has 0 saturated carbocycles. The smallest absolute Gasteiger partial charge is 0.333 e. The van der Waals surface area contributed by atoms with Crippen LogP contribution < -0.4 is 4.90 Å². The number of morpholine rings is 1. The molecular weight excluding hydrogens is 280 g/mol. The van der Waals surface area contributed by atoms with E-state index in [2.05, 4.69) is 5.10 Å². The Morgan fingerprint density at radius 3 is 2.90 bits per heavy atom. The van der Waals surface area contributed by atoms with Gasteiger partial charge in [-0.3, -0.25) is 14.9 Å². The molecule has 9 nitrogen and oxygen atoms in total. The van der Waals surface area contributed by atoms with Crippen LogP contribution >= 0.6 is 0 Å². The van der Waals surface area contributed by atoms with Crippen molar-refractivity contribution in [2.75, 3.05) is 24.6 Å². The molecule has 1 fully saturated rings. The second kappa shape index (κ2) is 6.08. The lowest BCUT2D eigenvalue weighted by Crippen LogP contribution is -2.44. The number of aryl methyl sites for hydroxylation is 2. The number of carboxylic acids is 1. The highest BCUT2D eigenvalue weighted by Crippen LogP contribution is 2.32. The summed E-state index contributed by atoms with van der Waals surface area (Å²) in [5, 5.41) is 24.3. The first-order valence-corrected chi connectivity index (χ1v) is 6.74. The van der Waals surface area contributed by atoms with E-state index >= 15 is 0 Å². The summed E-state index contributed by atoms with van der Waals surface area (Å²) in [5.74, 6) is -0.518. The number of carboxylic acid groups (broad SMARTS) is 1. The van der Waals surface area contributed by atoms with Gasteiger partial charge < -0.3 is 14.7 Å². The molecule has 1 aliphatic rings. The number of carbonyl (C=O) groups is 1. The molecule has 1 unspecified atom stereocenters. The lowest BCUT2D eigenvalue weighted by atomic mass is 10.2. The fourth-order valence-electron chi connectivity index (χ4n) is 2.54. The first-order chi connectivity index (χ1) is 9.93. The quantitative estimate of drug-likeness (QED) is 0.632. The number of nitrogens with zero attached hydrogens (tertiary/aromatic N) is 4. The number of aliphatic carboxylic acids is 1. The van der Waals surface area contributed by atoms with Crippen molar-refractivity contribution >= 4 is 17.5 Å². The van der Waals surface area contributed by atoms with Crippen molar-refractivity contribution in [1.29, 1.82) is 0 Å². The van der Waals surface area contributed by atoms with Gasteiger partial charge in [-0.25, -0.2) is 4.68 Å². The van der Waals surface area contributed by atoms with E-state index in [0.717, 1.165) is 0 Å². The molecule has 1 aliphatic heterocycles.